The molecule has 0 aliphatic heterocycles. The van der Waals surface area contributed by atoms with E-state index in [9.17, 15) is 4.79 Å². The van der Waals surface area contributed by atoms with E-state index in [4.69, 9.17) is 4.52 Å². The van der Waals surface area contributed by atoms with Gasteiger partial charge in [0.1, 0.15) is 5.76 Å². The number of nitrogens with zero attached hydrogens (tertiary/aromatic N) is 3. The Morgan fingerprint density at radius 3 is 2.73 bits per heavy atom. The summed E-state index contributed by atoms with van der Waals surface area (Å²) in [5.41, 5.74) is 2.69. The number of rotatable bonds is 4. The van der Waals surface area contributed by atoms with Crippen molar-refractivity contribution in [1.29, 1.82) is 0 Å². The largest absolute Gasteiger partial charge is 0.361 e. The molecule has 6 heteroatoms. The highest BCUT2D eigenvalue weighted by atomic mass is 32.2. The summed E-state index contributed by atoms with van der Waals surface area (Å²) in [6.45, 7) is 6.38. The van der Waals surface area contributed by atoms with Gasteiger partial charge in [-0.3, -0.25) is 9.36 Å². The molecular formula is C16H17N3O2S. The molecular weight excluding hydrogens is 298 g/mol. The molecule has 0 amide bonds. The first-order valence-corrected chi connectivity index (χ1v) is 8.14. The molecule has 2 heterocycles. The summed E-state index contributed by atoms with van der Waals surface area (Å²) in [6, 6.07) is 7.45. The highest BCUT2D eigenvalue weighted by Gasteiger charge is 2.13. The maximum absolute atomic E-state index is 12.6. The molecule has 0 unspecified atom stereocenters. The Balaban J connectivity index is 2.01. The van der Waals surface area contributed by atoms with Crippen LogP contribution >= 0.6 is 11.8 Å². The maximum atomic E-state index is 12.6. The van der Waals surface area contributed by atoms with Crippen LogP contribution < -0.4 is 5.56 Å². The van der Waals surface area contributed by atoms with E-state index in [0.717, 1.165) is 27.7 Å². The summed E-state index contributed by atoms with van der Waals surface area (Å²) in [5, 5.41) is 5.35. The van der Waals surface area contributed by atoms with Crippen LogP contribution in [0.2, 0.25) is 0 Å². The van der Waals surface area contributed by atoms with Crippen LogP contribution in [0.15, 0.2) is 38.7 Å². The molecule has 3 aromatic rings. The van der Waals surface area contributed by atoms with Crippen molar-refractivity contribution in [2.75, 3.05) is 0 Å². The molecule has 0 atom stereocenters. The summed E-state index contributed by atoms with van der Waals surface area (Å²) in [7, 11) is 0. The van der Waals surface area contributed by atoms with E-state index in [0.29, 0.717) is 17.7 Å². The van der Waals surface area contributed by atoms with E-state index >= 15 is 0 Å². The first-order chi connectivity index (χ1) is 10.6. The number of fused-ring (bicyclic) bond motifs is 1. The summed E-state index contributed by atoms with van der Waals surface area (Å²) < 4.78 is 6.90. The van der Waals surface area contributed by atoms with Crippen LogP contribution in [0.4, 0.5) is 0 Å². The zero-order chi connectivity index (χ0) is 15.7. The van der Waals surface area contributed by atoms with Gasteiger partial charge in [0, 0.05) is 17.9 Å². The van der Waals surface area contributed by atoms with Gasteiger partial charge in [0.05, 0.1) is 16.6 Å². The van der Waals surface area contributed by atoms with Gasteiger partial charge in [0.15, 0.2) is 5.16 Å². The fraction of sp³-hybridized carbons (Fsp3) is 0.312. The molecule has 0 aliphatic rings. The standard InChI is InChI=1S/C16H17N3O2S/c1-4-19-15(20)12-7-5-6-8-14(12)17-16(19)22-9-13-10(2)18-21-11(13)3/h5-8H,4,9H2,1-3H3. The monoisotopic (exact) mass is 315 g/mol. The Labute approximate surface area is 132 Å². The molecule has 114 valence electrons. The average Bonchev–Trinajstić information content (AvgIpc) is 2.84. The smallest absolute Gasteiger partial charge is 0.262 e. The number of para-hydroxylation sites is 1. The molecule has 0 saturated carbocycles. The maximum Gasteiger partial charge on any atom is 0.262 e. The van der Waals surface area contributed by atoms with Crippen molar-refractivity contribution >= 4 is 22.7 Å². The lowest BCUT2D eigenvalue weighted by atomic mass is 10.2. The molecule has 3 rings (SSSR count). The molecule has 0 fully saturated rings. The van der Waals surface area contributed by atoms with Gasteiger partial charge in [-0.05, 0) is 32.9 Å². The SMILES string of the molecule is CCn1c(SCc2c(C)noc2C)nc2ccccc2c1=O. The van der Waals surface area contributed by atoms with E-state index in [-0.39, 0.29) is 5.56 Å². The van der Waals surface area contributed by atoms with E-state index < -0.39 is 0 Å². The van der Waals surface area contributed by atoms with E-state index in [1.807, 2.05) is 45.0 Å². The van der Waals surface area contributed by atoms with Crippen LogP contribution in [0.3, 0.4) is 0 Å². The fourth-order valence-electron chi connectivity index (χ4n) is 2.38. The Morgan fingerprint density at radius 1 is 1.27 bits per heavy atom. The highest BCUT2D eigenvalue weighted by Crippen LogP contribution is 2.25. The zero-order valence-electron chi connectivity index (χ0n) is 12.8. The second-order valence-corrected chi connectivity index (χ2v) is 5.99. The minimum atomic E-state index is 0.00867. The summed E-state index contributed by atoms with van der Waals surface area (Å²) in [4.78, 5) is 17.2. The number of benzene rings is 1. The number of aromatic nitrogens is 3. The van der Waals surface area contributed by atoms with E-state index in [1.54, 1.807) is 4.57 Å². The molecule has 1 aromatic carbocycles. The third kappa shape index (κ3) is 2.54. The second-order valence-electron chi connectivity index (χ2n) is 5.05. The second kappa shape index (κ2) is 5.96. The van der Waals surface area contributed by atoms with Gasteiger partial charge in [-0.1, -0.05) is 29.1 Å². The van der Waals surface area contributed by atoms with Crippen LogP contribution in [-0.4, -0.2) is 14.7 Å². The Hall–Kier alpha value is -2.08. The van der Waals surface area contributed by atoms with Crippen LogP contribution in [0.1, 0.15) is 23.9 Å². The predicted octanol–water partition coefficient (Wildman–Crippen LogP) is 3.31. The molecule has 0 radical (unpaired) electrons. The lowest BCUT2D eigenvalue weighted by Gasteiger charge is -2.10. The first kappa shape index (κ1) is 14.8. The van der Waals surface area contributed by atoms with Gasteiger partial charge in [-0.15, -0.1) is 0 Å². The summed E-state index contributed by atoms with van der Waals surface area (Å²) in [6.07, 6.45) is 0. The molecule has 0 bridgehead atoms. The molecule has 0 N–H and O–H groups in total. The first-order valence-electron chi connectivity index (χ1n) is 7.16. The summed E-state index contributed by atoms with van der Waals surface area (Å²) in [5.74, 6) is 1.50. The van der Waals surface area contributed by atoms with Gasteiger partial charge in [0.25, 0.3) is 5.56 Å². The van der Waals surface area contributed by atoms with Gasteiger partial charge >= 0.3 is 0 Å². The Bertz CT molecular complexity index is 863. The van der Waals surface area contributed by atoms with Crippen LogP contribution in [0.25, 0.3) is 10.9 Å². The summed E-state index contributed by atoms with van der Waals surface area (Å²) >= 11 is 1.54. The highest BCUT2D eigenvalue weighted by molar-refractivity contribution is 7.98. The number of aryl methyl sites for hydroxylation is 2. The Morgan fingerprint density at radius 2 is 2.05 bits per heavy atom. The van der Waals surface area contributed by atoms with Crippen molar-refractivity contribution in [2.45, 2.75) is 38.2 Å². The average molecular weight is 315 g/mol. The van der Waals surface area contributed by atoms with Gasteiger partial charge < -0.3 is 4.52 Å². The predicted molar refractivity (Wildman–Crippen MR) is 87.2 cm³/mol. The molecule has 0 saturated heterocycles. The van der Waals surface area contributed by atoms with Crippen molar-refractivity contribution in [3.8, 4) is 0 Å². The third-order valence-electron chi connectivity index (χ3n) is 3.67. The van der Waals surface area contributed by atoms with Crippen LogP contribution in [0, 0.1) is 13.8 Å². The topological polar surface area (TPSA) is 60.9 Å². The van der Waals surface area contributed by atoms with Gasteiger partial charge in [-0.2, -0.15) is 0 Å². The number of hydrogen-bond donors (Lipinski definition) is 0. The van der Waals surface area contributed by atoms with Crippen LogP contribution in [0.5, 0.6) is 0 Å². The number of hydrogen-bond acceptors (Lipinski definition) is 5. The molecule has 5 nitrogen and oxygen atoms in total. The Kier molecular flexibility index (Phi) is 4.02. The van der Waals surface area contributed by atoms with Crippen LogP contribution in [-0.2, 0) is 12.3 Å². The van der Waals surface area contributed by atoms with Gasteiger partial charge in [-0.25, -0.2) is 4.98 Å². The molecule has 0 aliphatic carbocycles. The normalized spacial score (nSPS) is 11.2. The lowest BCUT2D eigenvalue weighted by molar-refractivity contribution is 0.392. The van der Waals surface area contributed by atoms with Crippen molar-refractivity contribution in [3.05, 3.63) is 51.6 Å². The van der Waals surface area contributed by atoms with Crippen molar-refractivity contribution in [2.24, 2.45) is 0 Å². The molecule has 0 spiro atoms. The van der Waals surface area contributed by atoms with Crippen molar-refractivity contribution < 1.29 is 4.52 Å². The quantitative estimate of drug-likeness (QED) is 0.546. The third-order valence-corrected chi connectivity index (χ3v) is 4.67. The fourth-order valence-corrected chi connectivity index (χ4v) is 3.60. The minimum Gasteiger partial charge on any atom is -0.361 e. The van der Waals surface area contributed by atoms with Crippen molar-refractivity contribution in [1.82, 2.24) is 14.7 Å². The lowest BCUT2D eigenvalue weighted by Crippen LogP contribution is -2.22. The minimum absolute atomic E-state index is 0.00867. The molecule has 22 heavy (non-hydrogen) atoms. The van der Waals surface area contributed by atoms with E-state index in [1.165, 1.54) is 11.8 Å². The number of thioether (sulfide) groups is 1. The van der Waals surface area contributed by atoms with Gasteiger partial charge in [0.2, 0.25) is 0 Å². The zero-order valence-corrected chi connectivity index (χ0v) is 13.6. The van der Waals surface area contributed by atoms with Crippen molar-refractivity contribution in [3.63, 3.8) is 0 Å². The van der Waals surface area contributed by atoms with E-state index in [2.05, 4.69) is 10.1 Å². The molecule has 2 aromatic heterocycles.